The van der Waals surface area contributed by atoms with E-state index in [0.717, 1.165) is 34.6 Å². The minimum Gasteiger partial charge on any atom is -0.748 e. The number of allylic oxidation sites excluding steroid dienone is 4. The smallest absolute Gasteiger partial charge is 0.748 e. The maximum absolute atomic E-state index is 11.2. The monoisotopic (exact) mass is 435 g/mol. The van der Waals surface area contributed by atoms with E-state index in [1.54, 1.807) is 6.07 Å². The number of rotatable bonds is 8. The van der Waals surface area contributed by atoms with Crippen molar-refractivity contribution in [2.45, 2.75) is 38.0 Å². The second-order valence-corrected chi connectivity index (χ2v) is 9.22. The second kappa shape index (κ2) is 10.5. The zero-order valence-corrected chi connectivity index (χ0v) is 20.2. The summed E-state index contributed by atoms with van der Waals surface area (Å²) >= 11 is 0.793. The van der Waals surface area contributed by atoms with Gasteiger partial charge in [0.15, 0.2) is 12.3 Å². The summed E-state index contributed by atoms with van der Waals surface area (Å²) in [4.78, 5) is 0.670. The molecule has 148 valence electrons. The van der Waals surface area contributed by atoms with Crippen molar-refractivity contribution in [3.8, 4) is 0 Å². The zero-order chi connectivity index (χ0) is 20.2. The molecule has 0 spiro atoms. The maximum atomic E-state index is 11.2. The molecule has 0 fully saturated rings. The van der Waals surface area contributed by atoms with Gasteiger partial charge in [-0.1, -0.05) is 17.7 Å². The van der Waals surface area contributed by atoms with Crippen molar-refractivity contribution in [2.24, 2.45) is 0 Å². The molecule has 1 heterocycles. The van der Waals surface area contributed by atoms with Gasteiger partial charge >= 0.3 is 29.6 Å². The van der Waals surface area contributed by atoms with Gasteiger partial charge in [0, 0.05) is 22.6 Å². The van der Waals surface area contributed by atoms with Crippen molar-refractivity contribution in [3.05, 3.63) is 47.6 Å². The van der Waals surface area contributed by atoms with Crippen LogP contribution >= 0.6 is 12.0 Å². The van der Waals surface area contributed by atoms with E-state index in [2.05, 4.69) is 9.37 Å². The average molecular weight is 435 g/mol. The molecular weight excluding hydrogens is 413 g/mol. The fourth-order valence-electron chi connectivity index (χ4n) is 3.04. The molecule has 28 heavy (non-hydrogen) atoms. The van der Waals surface area contributed by atoms with E-state index in [1.807, 2.05) is 62.6 Å². The summed E-state index contributed by atoms with van der Waals surface area (Å²) in [6.45, 7) is 8.04. The molecule has 0 amide bonds. The van der Waals surface area contributed by atoms with E-state index < -0.39 is 21.3 Å². The van der Waals surface area contributed by atoms with Crippen molar-refractivity contribution in [1.29, 1.82) is 0 Å². The average Bonchev–Trinajstić information content (AvgIpc) is 2.77. The quantitative estimate of drug-likeness (QED) is 0.102. The van der Waals surface area contributed by atoms with E-state index in [9.17, 15) is 18.2 Å². The van der Waals surface area contributed by atoms with Crippen molar-refractivity contribution in [3.63, 3.8) is 0 Å². The fourth-order valence-corrected chi connectivity index (χ4v) is 3.84. The second-order valence-electron chi connectivity index (χ2n) is 6.93. The standard InChI is InChI=1S/C18H23NO6S2.Na/c1-13(2)6-5-7-17-18(3,4)15-12-14(26-25-24-20)8-9-16(15)19(17)10-11-27(21,22)23;/h5-9,12H,10-11H2,1-4H3,(H-,20,21,22,23);/q;+1/p-1. The van der Waals surface area contributed by atoms with Crippen LogP contribution in [0.4, 0.5) is 5.69 Å². The number of hydrogen-bond acceptors (Lipinski definition) is 7. The fraction of sp³-hybridized carbons (Fsp3) is 0.389. The van der Waals surface area contributed by atoms with E-state index in [4.69, 9.17) is 0 Å². The summed E-state index contributed by atoms with van der Waals surface area (Å²) in [6.07, 6.45) is 5.78. The first-order valence-electron chi connectivity index (χ1n) is 8.24. The molecule has 1 aliphatic heterocycles. The molecule has 1 aromatic carbocycles. The summed E-state index contributed by atoms with van der Waals surface area (Å²) < 4.78 is 39.7. The predicted molar refractivity (Wildman–Crippen MR) is 100 cm³/mol. The number of fused-ring (bicyclic) bond motifs is 1. The SMILES string of the molecule is CC(C)=CC=CC1=[N+](CCS(=O)(=O)[O-])c2ccc(SOO[O-])cc2C1(C)C.[Na+]. The number of hydrogen-bond donors (Lipinski definition) is 0. The van der Waals surface area contributed by atoms with Crippen LogP contribution in [0.3, 0.4) is 0 Å². The molecule has 0 bridgehead atoms. The van der Waals surface area contributed by atoms with E-state index in [0.29, 0.717) is 4.90 Å². The summed E-state index contributed by atoms with van der Waals surface area (Å²) in [7, 11) is -4.35. The van der Waals surface area contributed by atoms with Crippen LogP contribution in [0.15, 0.2) is 46.9 Å². The van der Waals surface area contributed by atoms with Crippen LogP contribution in [0.25, 0.3) is 0 Å². The Morgan fingerprint density at radius 1 is 1.32 bits per heavy atom. The molecule has 1 aromatic rings. The van der Waals surface area contributed by atoms with Gasteiger partial charge in [-0.05, 0) is 39.8 Å². The molecule has 0 saturated carbocycles. The number of nitrogens with zero attached hydrogens (tertiary/aromatic N) is 1. The third kappa shape index (κ3) is 6.51. The first-order chi connectivity index (χ1) is 12.6. The molecule has 0 unspecified atom stereocenters. The molecule has 2 rings (SSSR count). The largest absolute Gasteiger partial charge is 1.00 e. The van der Waals surface area contributed by atoms with Crippen LogP contribution in [-0.4, -0.2) is 35.6 Å². The maximum Gasteiger partial charge on any atom is 1.00 e. The van der Waals surface area contributed by atoms with Crippen LogP contribution in [-0.2, 0) is 24.9 Å². The van der Waals surface area contributed by atoms with Gasteiger partial charge in [0.25, 0.3) is 0 Å². The minimum absolute atomic E-state index is 0. The van der Waals surface area contributed by atoms with E-state index in [-0.39, 0.29) is 36.1 Å². The van der Waals surface area contributed by atoms with Gasteiger partial charge in [0.05, 0.1) is 23.2 Å². The molecule has 0 radical (unpaired) electrons. The van der Waals surface area contributed by atoms with Crippen LogP contribution < -0.4 is 34.8 Å². The molecule has 0 saturated heterocycles. The normalized spacial score (nSPS) is 15.5. The predicted octanol–water partition coefficient (Wildman–Crippen LogP) is -0.635. The topological polar surface area (TPSA) is 102 Å². The van der Waals surface area contributed by atoms with Crippen LogP contribution in [0.5, 0.6) is 0 Å². The molecule has 1 aliphatic rings. The zero-order valence-electron chi connectivity index (χ0n) is 16.6. The first-order valence-corrected chi connectivity index (χ1v) is 10.6. The third-order valence-corrected chi connectivity index (χ3v) is 5.52. The molecule has 0 aliphatic carbocycles. The van der Waals surface area contributed by atoms with Crippen LogP contribution in [0, 0.1) is 0 Å². The van der Waals surface area contributed by atoms with Gasteiger partial charge in [0.1, 0.15) is 10.1 Å². The Morgan fingerprint density at radius 3 is 2.57 bits per heavy atom. The first kappa shape index (κ1) is 25.5. The van der Waals surface area contributed by atoms with Gasteiger partial charge in [-0.2, -0.15) is 8.91 Å². The summed E-state index contributed by atoms with van der Waals surface area (Å²) in [5.41, 5.74) is 3.31. The van der Waals surface area contributed by atoms with Crippen molar-refractivity contribution in [2.75, 3.05) is 12.3 Å². The Kier molecular flexibility index (Phi) is 9.59. The Bertz CT molecular complexity index is 903. The Balaban J connectivity index is 0.00000392. The third-order valence-electron chi connectivity index (χ3n) is 4.27. The van der Waals surface area contributed by atoms with Crippen molar-refractivity contribution >= 4 is 33.6 Å². The Hall–Kier alpha value is -0.490. The van der Waals surface area contributed by atoms with Gasteiger partial charge in [-0.25, -0.2) is 8.42 Å². The van der Waals surface area contributed by atoms with E-state index >= 15 is 0 Å². The van der Waals surface area contributed by atoms with Gasteiger partial charge in [-0.15, -0.1) is 0 Å². The molecular formula is C18H22NNaO6S2. The van der Waals surface area contributed by atoms with Gasteiger partial charge < -0.3 is 9.81 Å². The molecule has 0 N–H and O–H groups in total. The number of benzene rings is 1. The summed E-state index contributed by atoms with van der Waals surface area (Å²) in [6, 6.07) is 5.41. The van der Waals surface area contributed by atoms with Crippen LogP contribution in [0.2, 0.25) is 0 Å². The summed E-state index contributed by atoms with van der Waals surface area (Å²) in [5.74, 6) is -0.494. The van der Waals surface area contributed by atoms with Crippen molar-refractivity contribution < 1.29 is 61.7 Å². The van der Waals surface area contributed by atoms with Gasteiger partial charge in [0.2, 0.25) is 5.69 Å². The molecule has 7 nitrogen and oxygen atoms in total. The minimum atomic E-state index is -4.35. The van der Waals surface area contributed by atoms with Crippen LogP contribution in [0.1, 0.15) is 33.3 Å². The van der Waals surface area contributed by atoms with E-state index in [1.165, 1.54) is 0 Å². The Labute approximate surface area is 192 Å². The summed E-state index contributed by atoms with van der Waals surface area (Å²) in [5, 5.41) is 13.5. The molecule has 0 aromatic heterocycles. The molecule has 10 heteroatoms. The Morgan fingerprint density at radius 2 is 2.00 bits per heavy atom. The molecule has 0 atom stereocenters. The van der Waals surface area contributed by atoms with Crippen molar-refractivity contribution in [1.82, 2.24) is 0 Å². The van der Waals surface area contributed by atoms with Gasteiger partial charge in [-0.3, -0.25) is 5.04 Å².